The van der Waals surface area contributed by atoms with Gasteiger partial charge in [0.15, 0.2) is 0 Å². The SMILES string of the molecule is COc1ccccc1C(=O)Nc1ccccc1N1C(=O)CCC1=O. The molecular formula is C18H16N2O4. The lowest BCUT2D eigenvalue weighted by atomic mass is 10.1. The average molecular weight is 324 g/mol. The minimum atomic E-state index is -0.376. The van der Waals surface area contributed by atoms with Crippen molar-refractivity contribution in [2.24, 2.45) is 0 Å². The first-order chi connectivity index (χ1) is 11.6. The number of amides is 3. The van der Waals surface area contributed by atoms with Crippen LogP contribution in [0.15, 0.2) is 48.5 Å². The van der Waals surface area contributed by atoms with Gasteiger partial charge in [-0.1, -0.05) is 24.3 Å². The zero-order chi connectivity index (χ0) is 17.1. The zero-order valence-corrected chi connectivity index (χ0v) is 13.1. The van der Waals surface area contributed by atoms with Crippen LogP contribution in [0.25, 0.3) is 0 Å². The number of anilines is 2. The molecule has 0 atom stereocenters. The monoisotopic (exact) mass is 324 g/mol. The number of benzene rings is 2. The molecule has 0 radical (unpaired) electrons. The van der Waals surface area contributed by atoms with Gasteiger partial charge in [-0.05, 0) is 24.3 Å². The van der Waals surface area contributed by atoms with E-state index in [4.69, 9.17) is 4.74 Å². The van der Waals surface area contributed by atoms with Gasteiger partial charge < -0.3 is 10.1 Å². The van der Waals surface area contributed by atoms with Crippen molar-refractivity contribution in [3.63, 3.8) is 0 Å². The smallest absolute Gasteiger partial charge is 0.259 e. The maximum absolute atomic E-state index is 12.5. The molecule has 0 unspecified atom stereocenters. The van der Waals surface area contributed by atoms with E-state index in [2.05, 4.69) is 5.32 Å². The van der Waals surface area contributed by atoms with E-state index in [-0.39, 0.29) is 30.6 Å². The second-order valence-electron chi connectivity index (χ2n) is 5.29. The molecular weight excluding hydrogens is 308 g/mol. The summed E-state index contributed by atoms with van der Waals surface area (Å²) in [7, 11) is 1.49. The third-order valence-electron chi connectivity index (χ3n) is 3.80. The second kappa shape index (κ2) is 6.54. The number of carbonyl (C=O) groups excluding carboxylic acids is 3. The third-order valence-corrected chi connectivity index (χ3v) is 3.80. The molecule has 24 heavy (non-hydrogen) atoms. The van der Waals surface area contributed by atoms with Crippen molar-refractivity contribution in [2.45, 2.75) is 12.8 Å². The van der Waals surface area contributed by atoms with Crippen LogP contribution in [-0.4, -0.2) is 24.8 Å². The highest BCUT2D eigenvalue weighted by atomic mass is 16.5. The summed E-state index contributed by atoms with van der Waals surface area (Å²) < 4.78 is 5.19. The van der Waals surface area contributed by atoms with Gasteiger partial charge in [0.1, 0.15) is 5.75 Å². The van der Waals surface area contributed by atoms with Gasteiger partial charge >= 0.3 is 0 Å². The largest absolute Gasteiger partial charge is 0.496 e. The predicted molar refractivity (Wildman–Crippen MR) is 89.1 cm³/mol. The first-order valence-corrected chi connectivity index (χ1v) is 7.51. The van der Waals surface area contributed by atoms with E-state index in [0.29, 0.717) is 22.7 Å². The molecule has 1 saturated heterocycles. The minimum absolute atomic E-state index is 0.188. The Bertz CT molecular complexity index is 800. The Kier molecular flexibility index (Phi) is 4.29. The van der Waals surface area contributed by atoms with Crippen molar-refractivity contribution in [3.8, 4) is 5.75 Å². The predicted octanol–water partition coefficient (Wildman–Crippen LogP) is 2.60. The molecule has 6 heteroatoms. The van der Waals surface area contributed by atoms with Gasteiger partial charge in [-0.3, -0.25) is 14.4 Å². The molecule has 2 aromatic rings. The number of hydrogen-bond acceptors (Lipinski definition) is 4. The molecule has 0 aromatic heterocycles. The summed E-state index contributed by atoms with van der Waals surface area (Å²) in [6.45, 7) is 0. The van der Waals surface area contributed by atoms with Crippen LogP contribution in [0.1, 0.15) is 23.2 Å². The van der Waals surface area contributed by atoms with Gasteiger partial charge in [-0.2, -0.15) is 0 Å². The average Bonchev–Trinajstić information content (AvgIpc) is 2.94. The zero-order valence-electron chi connectivity index (χ0n) is 13.1. The van der Waals surface area contributed by atoms with Gasteiger partial charge in [0, 0.05) is 12.8 Å². The van der Waals surface area contributed by atoms with Crippen LogP contribution in [0.2, 0.25) is 0 Å². The Hall–Kier alpha value is -3.15. The number of methoxy groups -OCH3 is 1. The number of carbonyl (C=O) groups is 3. The van der Waals surface area contributed by atoms with Crippen molar-refractivity contribution in [1.82, 2.24) is 0 Å². The molecule has 2 aromatic carbocycles. The molecule has 0 aliphatic carbocycles. The second-order valence-corrected chi connectivity index (χ2v) is 5.29. The van der Waals surface area contributed by atoms with Gasteiger partial charge in [0.05, 0.1) is 24.0 Å². The lowest BCUT2D eigenvalue weighted by Gasteiger charge is -2.18. The van der Waals surface area contributed by atoms with Crippen LogP contribution in [-0.2, 0) is 9.59 Å². The van der Waals surface area contributed by atoms with Gasteiger partial charge in [0.2, 0.25) is 11.8 Å². The Balaban J connectivity index is 1.92. The van der Waals surface area contributed by atoms with E-state index in [0.717, 1.165) is 4.90 Å². The Morgan fingerprint density at radius 2 is 1.62 bits per heavy atom. The lowest BCUT2D eigenvalue weighted by Crippen LogP contribution is -2.29. The number of nitrogens with one attached hydrogen (secondary N) is 1. The molecule has 6 nitrogen and oxygen atoms in total. The number of hydrogen-bond donors (Lipinski definition) is 1. The number of rotatable bonds is 4. The summed E-state index contributed by atoms with van der Waals surface area (Å²) in [5.41, 5.74) is 1.15. The van der Waals surface area contributed by atoms with Crippen LogP contribution < -0.4 is 15.0 Å². The molecule has 1 aliphatic heterocycles. The molecule has 0 spiro atoms. The molecule has 3 amide bonds. The fourth-order valence-electron chi connectivity index (χ4n) is 2.64. The number of para-hydroxylation sites is 3. The van der Waals surface area contributed by atoms with Crippen molar-refractivity contribution in [3.05, 3.63) is 54.1 Å². The standard InChI is InChI=1S/C18H16N2O4/c1-24-15-9-5-2-6-12(15)18(23)19-13-7-3-4-8-14(13)20-16(21)10-11-17(20)22/h2-9H,10-11H2,1H3,(H,19,23). The molecule has 1 fully saturated rings. The highest BCUT2D eigenvalue weighted by Gasteiger charge is 2.32. The molecule has 0 saturated carbocycles. The summed E-state index contributed by atoms with van der Waals surface area (Å²) in [5, 5.41) is 2.75. The molecule has 1 N–H and O–H groups in total. The number of ether oxygens (including phenoxy) is 1. The van der Waals surface area contributed by atoms with Gasteiger partial charge in [-0.25, -0.2) is 4.90 Å². The fraction of sp³-hybridized carbons (Fsp3) is 0.167. The van der Waals surface area contributed by atoms with E-state index in [1.807, 2.05) is 0 Å². The van der Waals surface area contributed by atoms with Crippen LogP contribution in [0.5, 0.6) is 5.75 Å². The van der Waals surface area contributed by atoms with Crippen molar-refractivity contribution in [1.29, 1.82) is 0 Å². The molecule has 1 aliphatic rings. The fourth-order valence-corrected chi connectivity index (χ4v) is 2.64. The van der Waals surface area contributed by atoms with Crippen LogP contribution in [0.4, 0.5) is 11.4 Å². The van der Waals surface area contributed by atoms with E-state index < -0.39 is 0 Å². The maximum Gasteiger partial charge on any atom is 0.259 e. The van der Waals surface area contributed by atoms with Crippen molar-refractivity contribution >= 4 is 29.1 Å². The minimum Gasteiger partial charge on any atom is -0.496 e. The van der Waals surface area contributed by atoms with Crippen LogP contribution in [0.3, 0.4) is 0 Å². The molecule has 0 bridgehead atoms. The van der Waals surface area contributed by atoms with E-state index in [1.165, 1.54) is 7.11 Å². The normalized spacial score (nSPS) is 14.0. The van der Waals surface area contributed by atoms with Crippen LogP contribution in [0, 0.1) is 0 Å². The van der Waals surface area contributed by atoms with E-state index >= 15 is 0 Å². The lowest BCUT2D eigenvalue weighted by molar-refractivity contribution is -0.121. The maximum atomic E-state index is 12.5. The highest BCUT2D eigenvalue weighted by molar-refractivity contribution is 6.22. The van der Waals surface area contributed by atoms with Crippen molar-refractivity contribution in [2.75, 3.05) is 17.3 Å². The first-order valence-electron chi connectivity index (χ1n) is 7.51. The summed E-state index contributed by atoms with van der Waals surface area (Å²) >= 11 is 0. The molecule has 3 rings (SSSR count). The van der Waals surface area contributed by atoms with Gasteiger partial charge in [0.25, 0.3) is 5.91 Å². The Morgan fingerprint density at radius 1 is 1.00 bits per heavy atom. The third kappa shape index (κ3) is 2.86. The number of imide groups is 1. The van der Waals surface area contributed by atoms with Crippen molar-refractivity contribution < 1.29 is 19.1 Å². The van der Waals surface area contributed by atoms with E-state index in [9.17, 15) is 14.4 Å². The topological polar surface area (TPSA) is 75.7 Å². The summed E-state index contributed by atoms with van der Waals surface area (Å²) in [4.78, 5) is 37.6. The summed E-state index contributed by atoms with van der Waals surface area (Å²) in [6.07, 6.45) is 0.376. The quantitative estimate of drug-likeness (QED) is 0.877. The molecule has 1 heterocycles. The highest BCUT2D eigenvalue weighted by Crippen LogP contribution is 2.31. The summed E-state index contributed by atoms with van der Waals surface area (Å²) in [6, 6.07) is 13.6. The van der Waals surface area contributed by atoms with Gasteiger partial charge in [-0.15, -0.1) is 0 Å². The molecule has 122 valence electrons. The van der Waals surface area contributed by atoms with E-state index in [1.54, 1.807) is 48.5 Å². The summed E-state index contributed by atoms with van der Waals surface area (Å²) in [5.74, 6) is -0.460. The Morgan fingerprint density at radius 3 is 2.33 bits per heavy atom. The first kappa shape index (κ1) is 15.7. The Labute approximate surface area is 139 Å². The van der Waals surface area contributed by atoms with Crippen LogP contribution >= 0.6 is 0 Å². The number of nitrogens with zero attached hydrogens (tertiary/aromatic N) is 1.